The van der Waals surface area contributed by atoms with Gasteiger partial charge in [0.15, 0.2) is 0 Å². The van der Waals surface area contributed by atoms with E-state index in [1.807, 2.05) is 19.9 Å². The van der Waals surface area contributed by atoms with Crippen LogP contribution in [0.1, 0.15) is 26.7 Å². The van der Waals surface area contributed by atoms with Crippen molar-refractivity contribution in [3.05, 3.63) is 23.0 Å². The highest BCUT2D eigenvalue weighted by molar-refractivity contribution is 5.31. The zero-order chi connectivity index (χ0) is 11.4. The van der Waals surface area contributed by atoms with Crippen molar-refractivity contribution in [2.24, 2.45) is 5.73 Å². The molecule has 0 aromatic heterocycles. The molecule has 4 heteroatoms. The maximum absolute atomic E-state index is 11.9. The fraction of sp³-hybridized carbons (Fsp3) is 0.636. The van der Waals surface area contributed by atoms with Gasteiger partial charge in [-0.3, -0.25) is 0 Å². The molecule has 15 heavy (non-hydrogen) atoms. The molecule has 2 nitrogen and oxygen atoms in total. The first-order chi connectivity index (χ1) is 7.00. The first-order valence-corrected chi connectivity index (χ1v) is 5.07. The van der Waals surface area contributed by atoms with Crippen LogP contribution in [0.2, 0.25) is 0 Å². The molecule has 1 aliphatic rings. The Morgan fingerprint density at radius 2 is 2.13 bits per heavy atom. The average molecular weight is 217 g/mol. The minimum absolute atomic E-state index is 0.0246. The van der Waals surface area contributed by atoms with Crippen molar-refractivity contribution < 1.29 is 13.5 Å². The van der Waals surface area contributed by atoms with E-state index in [4.69, 9.17) is 10.5 Å². The van der Waals surface area contributed by atoms with Crippen molar-refractivity contribution in [2.75, 3.05) is 6.61 Å². The maximum atomic E-state index is 11.9. The Morgan fingerprint density at radius 3 is 2.60 bits per heavy atom. The summed E-state index contributed by atoms with van der Waals surface area (Å²) in [5.74, 6) is 0.666. The molecule has 0 radical (unpaired) electrons. The summed E-state index contributed by atoms with van der Waals surface area (Å²) in [6.07, 6.45) is 0.998. The summed E-state index contributed by atoms with van der Waals surface area (Å²) in [4.78, 5) is 0. The molecule has 0 amide bonds. The number of hydrogen-bond donors (Lipinski definition) is 1. The van der Waals surface area contributed by atoms with Crippen LogP contribution >= 0.6 is 0 Å². The van der Waals surface area contributed by atoms with E-state index in [0.717, 1.165) is 17.6 Å². The third-order valence-electron chi connectivity index (χ3n) is 2.45. The van der Waals surface area contributed by atoms with Gasteiger partial charge in [0.1, 0.15) is 6.61 Å². The van der Waals surface area contributed by atoms with Gasteiger partial charge in [0, 0.05) is 12.5 Å². The summed E-state index contributed by atoms with van der Waals surface area (Å²) in [6, 6.07) is 0.0246. The Kier molecular flexibility index (Phi) is 4.27. The highest BCUT2D eigenvalue weighted by Gasteiger charge is 2.15. The van der Waals surface area contributed by atoms with Crippen LogP contribution in [0.3, 0.4) is 0 Å². The van der Waals surface area contributed by atoms with Gasteiger partial charge in [-0.1, -0.05) is 11.6 Å². The molecule has 86 valence electrons. The van der Waals surface area contributed by atoms with Crippen LogP contribution < -0.4 is 5.73 Å². The average Bonchev–Trinajstić information content (AvgIpc) is 2.15. The van der Waals surface area contributed by atoms with Crippen molar-refractivity contribution in [3.8, 4) is 0 Å². The second kappa shape index (κ2) is 5.26. The SMILES string of the molecule is CC1=C(OCC(F)F)CCC(C(C)N)=C1. The first-order valence-electron chi connectivity index (χ1n) is 5.07. The van der Waals surface area contributed by atoms with Gasteiger partial charge in [0.25, 0.3) is 6.43 Å². The molecule has 1 rings (SSSR count). The Balaban J connectivity index is 2.63. The van der Waals surface area contributed by atoms with Crippen LogP contribution in [0.5, 0.6) is 0 Å². The Bertz CT molecular complexity index is 282. The normalized spacial score (nSPS) is 19.2. The number of allylic oxidation sites excluding steroid dienone is 3. The fourth-order valence-electron chi connectivity index (χ4n) is 1.59. The van der Waals surface area contributed by atoms with Crippen LogP contribution in [0, 0.1) is 0 Å². The maximum Gasteiger partial charge on any atom is 0.272 e. The summed E-state index contributed by atoms with van der Waals surface area (Å²) in [5, 5.41) is 0. The molecule has 0 heterocycles. The highest BCUT2D eigenvalue weighted by atomic mass is 19.3. The third kappa shape index (κ3) is 3.63. The number of ether oxygens (including phenoxy) is 1. The molecule has 0 aromatic carbocycles. The first kappa shape index (κ1) is 12.2. The van der Waals surface area contributed by atoms with E-state index in [0.29, 0.717) is 12.2 Å². The van der Waals surface area contributed by atoms with Crippen LogP contribution in [0.15, 0.2) is 23.0 Å². The summed E-state index contributed by atoms with van der Waals surface area (Å²) in [5.41, 5.74) is 7.81. The molecular formula is C11H17F2NO. The largest absolute Gasteiger partial charge is 0.492 e. The lowest BCUT2D eigenvalue weighted by molar-refractivity contribution is 0.0449. The quantitative estimate of drug-likeness (QED) is 0.785. The standard InChI is InChI=1S/C11H17F2NO/c1-7-5-9(8(2)14)3-4-10(7)15-6-11(12)13/h5,8,11H,3-4,6,14H2,1-2H3. The van der Waals surface area contributed by atoms with Gasteiger partial charge in [-0.25, -0.2) is 8.78 Å². The molecule has 1 atom stereocenters. The van der Waals surface area contributed by atoms with Crippen LogP contribution in [-0.4, -0.2) is 19.1 Å². The minimum Gasteiger partial charge on any atom is -0.492 e. The smallest absolute Gasteiger partial charge is 0.272 e. The van der Waals surface area contributed by atoms with E-state index in [2.05, 4.69) is 0 Å². The second-order valence-corrected chi connectivity index (χ2v) is 3.82. The Hall–Kier alpha value is -0.900. The molecule has 0 aliphatic heterocycles. The van der Waals surface area contributed by atoms with Crippen molar-refractivity contribution in [1.82, 2.24) is 0 Å². The molecular weight excluding hydrogens is 200 g/mol. The summed E-state index contributed by atoms with van der Waals surface area (Å²) in [7, 11) is 0. The monoisotopic (exact) mass is 217 g/mol. The Labute approximate surface area is 88.8 Å². The summed E-state index contributed by atoms with van der Waals surface area (Å²) < 4.78 is 28.9. The van der Waals surface area contributed by atoms with E-state index >= 15 is 0 Å². The minimum atomic E-state index is -2.41. The molecule has 0 spiro atoms. The topological polar surface area (TPSA) is 35.2 Å². The van der Waals surface area contributed by atoms with Crippen LogP contribution in [0.25, 0.3) is 0 Å². The van der Waals surface area contributed by atoms with Crippen molar-refractivity contribution in [2.45, 2.75) is 39.2 Å². The molecule has 0 saturated heterocycles. The van der Waals surface area contributed by atoms with Crippen molar-refractivity contribution >= 4 is 0 Å². The van der Waals surface area contributed by atoms with Crippen LogP contribution in [0.4, 0.5) is 8.78 Å². The number of nitrogens with two attached hydrogens (primary N) is 1. The van der Waals surface area contributed by atoms with Gasteiger partial charge in [-0.05, 0) is 25.8 Å². The third-order valence-corrected chi connectivity index (χ3v) is 2.45. The van der Waals surface area contributed by atoms with E-state index in [-0.39, 0.29) is 6.04 Å². The van der Waals surface area contributed by atoms with Gasteiger partial charge in [-0.15, -0.1) is 0 Å². The molecule has 0 bridgehead atoms. The molecule has 2 N–H and O–H groups in total. The molecule has 0 fully saturated rings. The molecule has 0 saturated carbocycles. The van der Waals surface area contributed by atoms with Gasteiger partial charge in [-0.2, -0.15) is 0 Å². The highest BCUT2D eigenvalue weighted by Crippen LogP contribution is 2.26. The number of rotatable bonds is 4. The number of alkyl halides is 2. The van der Waals surface area contributed by atoms with Gasteiger partial charge >= 0.3 is 0 Å². The van der Waals surface area contributed by atoms with E-state index in [1.54, 1.807) is 0 Å². The summed E-state index contributed by atoms with van der Waals surface area (Å²) in [6.45, 7) is 3.26. The molecule has 1 unspecified atom stereocenters. The Morgan fingerprint density at radius 1 is 1.47 bits per heavy atom. The zero-order valence-corrected chi connectivity index (χ0v) is 9.09. The van der Waals surface area contributed by atoms with E-state index in [9.17, 15) is 8.78 Å². The zero-order valence-electron chi connectivity index (χ0n) is 9.09. The predicted molar refractivity (Wildman–Crippen MR) is 55.6 cm³/mol. The van der Waals surface area contributed by atoms with Gasteiger partial charge < -0.3 is 10.5 Å². The molecule has 1 aliphatic carbocycles. The van der Waals surface area contributed by atoms with E-state index in [1.165, 1.54) is 0 Å². The second-order valence-electron chi connectivity index (χ2n) is 3.82. The number of hydrogen-bond acceptors (Lipinski definition) is 2. The van der Waals surface area contributed by atoms with E-state index < -0.39 is 13.0 Å². The number of halogens is 2. The lowest BCUT2D eigenvalue weighted by atomic mass is 9.94. The lowest BCUT2D eigenvalue weighted by Gasteiger charge is -2.20. The summed E-state index contributed by atoms with van der Waals surface area (Å²) >= 11 is 0. The van der Waals surface area contributed by atoms with Crippen LogP contribution in [-0.2, 0) is 4.74 Å². The van der Waals surface area contributed by atoms with Gasteiger partial charge in [0.05, 0.1) is 5.76 Å². The predicted octanol–water partition coefficient (Wildman–Crippen LogP) is 2.61. The van der Waals surface area contributed by atoms with Crippen molar-refractivity contribution in [3.63, 3.8) is 0 Å². The lowest BCUT2D eigenvalue weighted by Crippen LogP contribution is -2.20. The molecule has 0 aromatic rings. The van der Waals surface area contributed by atoms with Crippen molar-refractivity contribution in [1.29, 1.82) is 0 Å². The van der Waals surface area contributed by atoms with Gasteiger partial charge in [0.2, 0.25) is 0 Å². The fourth-order valence-corrected chi connectivity index (χ4v) is 1.59.